The molecular formula is C17H24N2O3. The van der Waals surface area contributed by atoms with Crippen LogP contribution in [0.3, 0.4) is 0 Å². The van der Waals surface area contributed by atoms with E-state index in [0.717, 1.165) is 6.42 Å². The van der Waals surface area contributed by atoms with Gasteiger partial charge in [0, 0.05) is 11.8 Å². The third-order valence-electron chi connectivity index (χ3n) is 2.93. The highest BCUT2D eigenvalue weighted by Crippen LogP contribution is 2.23. The summed E-state index contributed by atoms with van der Waals surface area (Å²) in [5.41, 5.74) is 1.23. The molecule has 0 aliphatic rings. The molecular weight excluding hydrogens is 280 g/mol. The quantitative estimate of drug-likeness (QED) is 0.647. The van der Waals surface area contributed by atoms with Crippen LogP contribution >= 0.6 is 0 Å². The summed E-state index contributed by atoms with van der Waals surface area (Å²) in [6.07, 6.45) is 2.60. The van der Waals surface area contributed by atoms with Crippen LogP contribution in [-0.4, -0.2) is 31.6 Å². The van der Waals surface area contributed by atoms with Gasteiger partial charge >= 0.3 is 0 Å². The van der Waals surface area contributed by atoms with Gasteiger partial charge in [-0.3, -0.25) is 14.6 Å². The lowest BCUT2D eigenvalue weighted by atomic mass is 9.93. The lowest BCUT2D eigenvalue weighted by Crippen LogP contribution is -2.15. The fraction of sp³-hybridized carbons (Fsp3) is 0.471. The minimum atomic E-state index is -0.206. The van der Waals surface area contributed by atoms with Gasteiger partial charge < -0.3 is 10.1 Å². The summed E-state index contributed by atoms with van der Waals surface area (Å²) in [5.74, 6) is 0.158. The fourth-order valence-electron chi connectivity index (χ4n) is 1.75. The first-order chi connectivity index (χ1) is 10.2. The number of ether oxygens (including phenoxy) is 1. The zero-order valence-corrected chi connectivity index (χ0v) is 13.9. The Kier molecular flexibility index (Phi) is 6.28. The zero-order valence-electron chi connectivity index (χ0n) is 13.9. The number of amides is 1. The Bertz CT molecular complexity index is 572. The number of nitrogens with one attached hydrogen (secondary N) is 1. The van der Waals surface area contributed by atoms with Crippen molar-refractivity contribution in [3.8, 4) is 5.75 Å². The van der Waals surface area contributed by atoms with Crippen molar-refractivity contribution in [2.75, 3.05) is 19.0 Å². The summed E-state index contributed by atoms with van der Waals surface area (Å²) in [5, 5.41) is 2.74. The summed E-state index contributed by atoms with van der Waals surface area (Å²) in [6.45, 7) is 7.89. The number of carbonyl (C=O) groups is 2. The maximum atomic E-state index is 11.8. The van der Waals surface area contributed by atoms with Crippen molar-refractivity contribution >= 4 is 23.6 Å². The van der Waals surface area contributed by atoms with E-state index in [9.17, 15) is 9.59 Å². The van der Waals surface area contributed by atoms with Gasteiger partial charge in [-0.2, -0.15) is 0 Å². The number of aliphatic imine (C=N–C) groups is 1. The Morgan fingerprint density at radius 1 is 1.32 bits per heavy atom. The minimum Gasteiger partial charge on any atom is -0.496 e. The number of benzene rings is 1. The molecule has 0 saturated carbocycles. The van der Waals surface area contributed by atoms with Crippen molar-refractivity contribution in [2.24, 2.45) is 10.4 Å². The van der Waals surface area contributed by atoms with E-state index in [-0.39, 0.29) is 23.7 Å². The van der Waals surface area contributed by atoms with Crippen LogP contribution in [0.15, 0.2) is 23.2 Å². The van der Waals surface area contributed by atoms with E-state index in [1.165, 1.54) is 14.0 Å². The maximum Gasteiger partial charge on any atom is 0.246 e. The molecule has 0 saturated heterocycles. The zero-order chi connectivity index (χ0) is 16.8. The Balaban J connectivity index is 2.63. The van der Waals surface area contributed by atoms with E-state index in [1.54, 1.807) is 24.4 Å². The molecule has 5 heteroatoms. The largest absolute Gasteiger partial charge is 0.496 e. The number of hydrogen-bond donors (Lipinski definition) is 1. The number of carbonyl (C=O) groups excluding carboxylic acids is 2. The van der Waals surface area contributed by atoms with Crippen molar-refractivity contribution in [3.63, 3.8) is 0 Å². The third kappa shape index (κ3) is 6.08. The van der Waals surface area contributed by atoms with E-state index in [1.807, 2.05) is 0 Å². The van der Waals surface area contributed by atoms with Gasteiger partial charge in [0.2, 0.25) is 5.91 Å². The van der Waals surface area contributed by atoms with Gasteiger partial charge in [0.15, 0.2) is 5.78 Å². The summed E-state index contributed by atoms with van der Waals surface area (Å²) >= 11 is 0. The Morgan fingerprint density at radius 3 is 2.55 bits per heavy atom. The van der Waals surface area contributed by atoms with Crippen LogP contribution in [0, 0.1) is 5.41 Å². The highest BCUT2D eigenvalue weighted by atomic mass is 16.5. The average molecular weight is 304 g/mol. The Morgan fingerprint density at radius 2 is 2.00 bits per heavy atom. The van der Waals surface area contributed by atoms with Crippen LogP contribution in [0.4, 0.5) is 5.69 Å². The average Bonchev–Trinajstić information content (AvgIpc) is 2.42. The lowest BCUT2D eigenvalue weighted by molar-refractivity contribution is -0.114. The molecule has 120 valence electrons. The van der Waals surface area contributed by atoms with E-state index < -0.39 is 0 Å². The van der Waals surface area contributed by atoms with Crippen molar-refractivity contribution in [1.29, 1.82) is 0 Å². The second kappa shape index (κ2) is 7.73. The van der Waals surface area contributed by atoms with Gasteiger partial charge in [0.05, 0.1) is 12.7 Å². The standard InChI is InChI=1S/C17H24N2O3/c1-12(20)14-7-6-13(10-15(14)22-5)19-16(21)11-18-9-8-17(2,3)4/h6-7,9-10H,8,11H2,1-5H3,(H,19,21). The molecule has 1 N–H and O–H groups in total. The summed E-state index contributed by atoms with van der Waals surface area (Å²) in [4.78, 5) is 27.4. The summed E-state index contributed by atoms with van der Waals surface area (Å²) in [6, 6.07) is 4.95. The molecule has 22 heavy (non-hydrogen) atoms. The van der Waals surface area contributed by atoms with E-state index in [4.69, 9.17) is 4.74 Å². The molecule has 0 aromatic heterocycles. The predicted molar refractivity (Wildman–Crippen MR) is 89.1 cm³/mol. The minimum absolute atomic E-state index is 0.0762. The smallest absolute Gasteiger partial charge is 0.246 e. The number of anilines is 1. The molecule has 5 nitrogen and oxygen atoms in total. The molecule has 0 atom stereocenters. The molecule has 1 aromatic carbocycles. The molecule has 0 heterocycles. The van der Waals surface area contributed by atoms with Crippen molar-refractivity contribution in [2.45, 2.75) is 34.1 Å². The molecule has 0 bridgehead atoms. The summed E-state index contributed by atoms with van der Waals surface area (Å²) < 4.78 is 5.16. The van der Waals surface area contributed by atoms with Crippen LogP contribution in [-0.2, 0) is 4.79 Å². The molecule has 0 spiro atoms. The Hall–Kier alpha value is -2.17. The molecule has 0 fully saturated rings. The summed E-state index contributed by atoms with van der Waals surface area (Å²) in [7, 11) is 1.49. The molecule has 0 unspecified atom stereocenters. The van der Waals surface area contributed by atoms with Crippen LogP contribution in [0.25, 0.3) is 0 Å². The first kappa shape index (κ1) is 17.9. The van der Waals surface area contributed by atoms with Crippen LogP contribution < -0.4 is 10.1 Å². The van der Waals surface area contributed by atoms with Gasteiger partial charge in [0.1, 0.15) is 12.3 Å². The monoisotopic (exact) mass is 304 g/mol. The van der Waals surface area contributed by atoms with Gasteiger partial charge in [-0.05, 0) is 37.1 Å². The SMILES string of the molecule is COc1cc(NC(=O)CN=CCC(C)(C)C)ccc1C(C)=O. The number of hydrogen-bond acceptors (Lipinski definition) is 4. The van der Waals surface area contributed by atoms with Crippen molar-refractivity contribution in [1.82, 2.24) is 0 Å². The van der Waals surface area contributed by atoms with Gasteiger partial charge in [0.25, 0.3) is 0 Å². The number of methoxy groups -OCH3 is 1. The molecule has 0 radical (unpaired) electrons. The second-order valence-electron chi connectivity index (χ2n) is 6.31. The number of nitrogens with zero attached hydrogens (tertiary/aromatic N) is 1. The lowest BCUT2D eigenvalue weighted by Gasteiger charge is -2.13. The molecule has 1 aromatic rings. The predicted octanol–water partition coefficient (Wildman–Crippen LogP) is 3.34. The molecule has 1 amide bonds. The first-order valence-electron chi connectivity index (χ1n) is 7.20. The van der Waals surface area contributed by atoms with Gasteiger partial charge in [-0.1, -0.05) is 20.8 Å². The number of Topliss-reactive ketones (excluding diaryl/α,β-unsaturated/α-hetero) is 1. The highest BCUT2D eigenvalue weighted by molar-refractivity contribution is 5.98. The van der Waals surface area contributed by atoms with Gasteiger partial charge in [-0.15, -0.1) is 0 Å². The van der Waals surface area contributed by atoms with E-state index in [0.29, 0.717) is 17.0 Å². The third-order valence-corrected chi connectivity index (χ3v) is 2.93. The van der Waals surface area contributed by atoms with E-state index >= 15 is 0 Å². The van der Waals surface area contributed by atoms with Crippen LogP contribution in [0.1, 0.15) is 44.5 Å². The molecule has 1 rings (SSSR count). The molecule has 0 aliphatic carbocycles. The highest BCUT2D eigenvalue weighted by Gasteiger charge is 2.10. The van der Waals surface area contributed by atoms with Gasteiger partial charge in [-0.25, -0.2) is 0 Å². The van der Waals surface area contributed by atoms with Crippen molar-refractivity contribution < 1.29 is 14.3 Å². The fourth-order valence-corrected chi connectivity index (χ4v) is 1.75. The van der Waals surface area contributed by atoms with Crippen molar-refractivity contribution in [3.05, 3.63) is 23.8 Å². The number of rotatable bonds is 6. The topological polar surface area (TPSA) is 67.8 Å². The Labute approximate surface area is 131 Å². The maximum absolute atomic E-state index is 11.8. The first-order valence-corrected chi connectivity index (χ1v) is 7.20. The molecule has 0 aliphatic heterocycles. The van der Waals surface area contributed by atoms with Crippen LogP contribution in [0.2, 0.25) is 0 Å². The number of ketones is 1. The van der Waals surface area contributed by atoms with E-state index in [2.05, 4.69) is 31.1 Å². The second-order valence-corrected chi connectivity index (χ2v) is 6.31. The van der Waals surface area contributed by atoms with Crippen LogP contribution in [0.5, 0.6) is 5.75 Å². The normalized spacial score (nSPS) is 11.5.